The minimum atomic E-state index is -0.405. The first-order valence-electron chi connectivity index (χ1n) is 9.87. The summed E-state index contributed by atoms with van der Waals surface area (Å²) in [5.41, 5.74) is 7.99. The van der Waals surface area contributed by atoms with E-state index in [1.165, 1.54) is 4.90 Å². The maximum atomic E-state index is 13.4. The molecule has 0 radical (unpaired) electrons. The van der Waals surface area contributed by atoms with Gasteiger partial charge in [0.2, 0.25) is 5.95 Å². The highest BCUT2D eigenvalue weighted by molar-refractivity contribution is 7.98. The van der Waals surface area contributed by atoms with E-state index in [4.69, 9.17) is 15.5 Å². The van der Waals surface area contributed by atoms with Gasteiger partial charge in [0.05, 0.1) is 31.5 Å². The van der Waals surface area contributed by atoms with Gasteiger partial charge in [-0.3, -0.25) is 4.79 Å². The molecular formula is C21H21N7O2S. The monoisotopic (exact) mass is 435 g/mol. The second-order valence-electron chi connectivity index (χ2n) is 7.29. The predicted molar refractivity (Wildman–Crippen MR) is 119 cm³/mol. The Morgan fingerprint density at radius 2 is 1.94 bits per heavy atom. The maximum Gasteiger partial charge on any atom is 0.252 e. The van der Waals surface area contributed by atoms with Crippen LogP contribution < -0.4 is 15.5 Å². The van der Waals surface area contributed by atoms with Crippen LogP contribution in [-0.2, 0) is 16.1 Å². The van der Waals surface area contributed by atoms with E-state index >= 15 is 0 Å². The molecule has 0 aliphatic carbocycles. The van der Waals surface area contributed by atoms with Crippen LogP contribution >= 0.6 is 11.8 Å². The molecule has 10 heteroatoms. The number of morpholine rings is 1. The molecule has 1 saturated heterocycles. The first-order chi connectivity index (χ1) is 15.1. The van der Waals surface area contributed by atoms with Gasteiger partial charge in [0.25, 0.3) is 5.91 Å². The van der Waals surface area contributed by atoms with Gasteiger partial charge < -0.3 is 20.3 Å². The highest BCUT2D eigenvalue weighted by Gasteiger charge is 2.41. The zero-order valence-electron chi connectivity index (χ0n) is 16.9. The fourth-order valence-electron chi connectivity index (χ4n) is 3.80. The number of benzene rings is 1. The summed E-state index contributed by atoms with van der Waals surface area (Å²) in [7, 11) is 0. The molecule has 2 aromatic heterocycles. The van der Waals surface area contributed by atoms with E-state index in [2.05, 4.69) is 27.1 Å². The molecular weight excluding hydrogens is 414 g/mol. The second kappa shape index (κ2) is 8.12. The van der Waals surface area contributed by atoms with Crippen LogP contribution in [0.2, 0.25) is 0 Å². The summed E-state index contributed by atoms with van der Waals surface area (Å²) in [6, 6.07) is 7.81. The Morgan fingerprint density at radius 3 is 2.68 bits per heavy atom. The average Bonchev–Trinajstić information content (AvgIpc) is 2.82. The Bertz CT molecular complexity index is 1110. The van der Waals surface area contributed by atoms with Gasteiger partial charge >= 0.3 is 0 Å². The van der Waals surface area contributed by atoms with Crippen molar-refractivity contribution in [3.8, 4) is 11.4 Å². The van der Waals surface area contributed by atoms with E-state index in [0.29, 0.717) is 43.4 Å². The Kier molecular flexibility index (Phi) is 5.16. The lowest BCUT2D eigenvalue weighted by molar-refractivity contribution is -0.122. The fraction of sp³-hybridized carbons (Fsp3) is 0.286. The van der Waals surface area contributed by atoms with Crippen molar-refractivity contribution in [2.75, 3.05) is 41.5 Å². The van der Waals surface area contributed by atoms with Crippen molar-refractivity contribution >= 4 is 35.1 Å². The third-order valence-corrected chi connectivity index (χ3v) is 6.17. The number of nitrogens with two attached hydrogens (primary N) is 1. The molecule has 158 valence electrons. The van der Waals surface area contributed by atoms with Crippen molar-refractivity contribution in [3.63, 3.8) is 0 Å². The van der Waals surface area contributed by atoms with Crippen LogP contribution in [0, 0.1) is 0 Å². The molecule has 0 spiro atoms. The second-order valence-corrected chi connectivity index (χ2v) is 8.17. The Balaban J connectivity index is 1.55. The number of thioether (sulfide) groups is 1. The van der Waals surface area contributed by atoms with Gasteiger partial charge in [0.15, 0.2) is 11.6 Å². The molecule has 2 aliphatic rings. The summed E-state index contributed by atoms with van der Waals surface area (Å²) < 4.78 is 5.61. The van der Waals surface area contributed by atoms with E-state index in [0.717, 1.165) is 11.4 Å². The van der Waals surface area contributed by atoms with Gasteiger partial charge in [-0.15, -0.1) is 11.8 Å². The lowest BCUT2D eigenvalue weighted by Crippen LogP contribution is -2.58. The number of carbonyl (C=O) groups excluding carboxylic acids is 1. The minimum absolute atomic E-state index is 0.00619. The number of nitrogens with zero attached hydrogens (tertiary/aromatic N) is 6. The topological polar surface area (TPSA) is 110 Å². The molecule has 9 nitrogen and oxygen atoms in total. The highest BCUT2D eigenvalue weighted by Crippen LogP contribution is 2.37. The van der Waals surface area contributed by atoms with Gasteiger partial charge in [-0.05, 0) is 24.0 Å². The van der Waals surface area contributed by atoms with Crippen molar-refractivity contribution < 1.29 is 9.53 Å². The number of rotatable bonds is 4. The lowest BCUT2D eigenvalue weighted by Gasteiger charge is -2.43. The first kappa shape index (κ1) is 19.7. The number of carbonyl (C=O) groups is 1. The zero-order chi connectivity index (χ0) is 21.4. The molecule has 1 unspecified atom stereocenters. The third kappa shape index (κ3) is 3.68. The number of hydrogen-bond donors (Lipinski definition) is 1. The average molecular weight is 436 g/mol. The number of anilines is 3. The SMILES string of the molecule is CSc1ccc(CN2C(=O)C3COCCN3c3nc(-c4cnc(N)nc4)ncc32)cc1. The number of nitrogen functional groups attached to an aromatic ring is 1. The van der Waals surface area contributed by atoms with Crippen molar-refractivity contribution in [1.29, 1.82) is 0 Å². The Morgan fingerprint density at radius 1 is 1.16 bits per heavy atom. The van der Waals surface area contributed by atoms with Crippen LogP contribution in [0.15, 0.2) is 47.8 Å². The maximum absolute atomic E-state index is 13.4. The molecule has 1 amide bonds. The summed E-state index contributed by atoms with van der Waals surface area (Å²) in [6.45, 7) is 1.92. The molecule has 4 heterocycles. The van der Waals surface area contributed by atoms with E-state index < -0.39 is 6.04 Å². The van der Waals surface area contributed by atoms with Gasteiger partial charge in [0.1, 0.15) is 11.7 Å². The zero-order valence-corrected chi connectivity index (χ0v) is 17.7. The molecule has 5 rings (SSSR count). The number of fused-ring (bicyclic) bond motifs is 3. The summed E-state index contributed by atoms with van der Waals surface area (Å²) in [4.78, 5) is 35.7. The molecule has 1 fully saturated rings. The lowest BCUT2D eigenvalue weighted by atomic mass is 10.1. The van der Waals surface area contributed by atoms with E-state index in [1.54, 1.807) is 35.3 Å². The number of amides is 1. The number of aromatic nitrogens is 4. The molecule has 2 N–H and O–H groups in total. The third-order valence-electron chi connectivity index (χ3n) is 5.42. The molecule has 3 aromatic rings. The smallest absolute Gasteiger partial charge is 0.252 e. The quantitative estimate of drug-likeness (QED) is 0.615. The Labute approximate surface area is 183 Å². The van der Waals surface area contributed by atoms with Crippen molar-refractivity contribution in [1.82, 2.24) is 19.9 Å². The predicted octanol–water partition coefficient (Wildman–Crippen LogP) is 1.99. The summed E-state index contributed by atoms with van der Waals surface area (Å²) >= 11 is 1.69. The van der Waals surface area contributed by atoms with Crippen molar-refractivity contribution in [2.24, 2.45) is 0 Å². The number of hydrogen-bond acceptors (Lipinski definition) is 9. The van der Waals surface area contributed by atoms with Crippen LogP contribution in [0.25, 0.3) is 11.4 Å². The molecule has 0 bridgehead atoms. The van der Waals surface area contributed by atoms with Gasteiger partial charge in [-0.1, -0.05) is 12.1 Å². The van der Waals surface area contributed by atoms with E-state index in [1.807, 2.05) is 23.3 Å². The van der Waals surface area contributed by atoms with Crippen LogP contribution in [0.4, 0.5) is 17.5 Å². The van der Waals surface area contributed by atoms with Gasteiger partial charge in [-0.25, -0.2) is 19.9 Å². The van der Waals surface area contributed by atoms with Crippen LogP contribution in [0.5, 0.6) is 0 Å². The van der Waals surface area contributed by atoms with Crippen molar-refractivity contribution in [2.45, 2.75) is 17.5 Å². The molecule has 31 heavy (non-hydrogen) atoms. The van der Waals surface area contributed by atoms with Gasteiger partial charge in [-0.2, -0.15) is 0 Å². The first-order valence-corrected chi connectivity index (χ1v) is 11.1. The molecule has 1 aromatic carbocycles. The molecule has 2 aliphatic heterocycles. The summed E-state index contributed by atoms with van der Waals surface area (Å²) in [5.74, 6) is 1.39. The minimum Gasteiger partial charge on any atom is -0.377 e. The van der Waals surface area contributed by atoms with Crippen molar-refractivity contribution in [3.05, 3.63) is 48.4 Å². The summed E-state index contributed by atoms with van der Waals surface area (Å²) in [6.07, 6.45) is 6.94. The van der Waals surface area contributed by atoms with Crippen LogP contribution in [-0.4, -0.2) is 57.9 Å². The van der Waals surface area contributed by atoms with Gasteiger partial charge in [0, 0.05) is 23.8 Å². The molecule has 0 saturated carbocycles. The summed E-state index contributed by atoms with van der Waals surface area (Å²) in [5, 5.41) is 0. The van der Waals surface area contributed by atoms with Crippen LogP contribution in [0.1, 0.15) is 5.56 Å². The van der Waals surface area contributed by atoms with Crippen LogP contribution in [0.3, 0.4) is 0 Å². The highest BCUT2D eigenvalue weighted by atomic mass is 32.2. The van der Waals surface area contributed by atoms with E-state index in [-0.39, 0.29) is 11.9 Å². The number of ether oxygens (including phenoxy) is 1. The standard InChI is InChI=1S/C21H21N7O2S/c1-31-15-4-2-13(3-5-15)11-28-16-10-23-18(14-8-24-21(22)25-9-14)26-19(16)27-6-7-30-12-17(27)20(28)29/h2-5,8-10,17H,6-7,11-12H2,1H3,(H2,22,24,25). The normalized spacial score (nSPS) is 18.0. The largest absolute Gasteiger partial charge is 0.377 e. The Hall–Kier alpha value is -3.24. The molecule has 1 atom stereocenters. The van der Waals surface area contributed by atoms with E-state index in [9.17, 15) is 4.79 Å². The fourth-order valence-corrected chi connectivity index (χ4v) is 4.21.